The molecule has 38 heavy (non-hydrogen) atoms. The Balaban J connectivity index is 0.000000317. The van der Waals surface area contributed by atoms with Crippen molar-refractivity contribution < 1.29 is 0 Å². The fourth-order valence-corrected chi connectivity index (χ4v) is 10.0. The Morgan fingerprint density at radius 1 is 0.921 bits per heavy atom. The Morgan fingerprint density at radius 3 is 2.29 bits per heavy atom. The zero-order valence-electron chi connectivity index (χ0n) is 26.8. The molecule has 0 amide bonds. The van der Waals surface area contributed by atoms with E-state index in [-0.39, 0.29) is 0 Å². The Morgan fingerprint density at radius 2 is 1.66 bits per heavy atom. The van der Waals surface area contributed by atoms with Crippen LogP contribution in [0.3, 0.4) is 0 Å². The first-order valence-corrected chi connectivity index (χ1v) is 16.6. The van der Waals surface area contributed by atoms with E-state index in [4.69, 9.17) is 0 Å². The second-order valence-electron chi connectivity index (χ2n) is 15.6. The summed E-state index contributed by atoms with van der Waals surface area (Å²) in [6.45, 7) is 26.8. The van der Waals surface area contributed by atoms with Crippen molar-refractivity contribution in [3.05, 3.63) is 47.6 Å². The van der Waals surface area contributed by atoms with Gasteiger partial charge in [0.25, 0.3) is 0 Å². The predicted octanol–water partition coefficient (Wildman–Crippen LogP) is 11.7. The summed E-state index contributed by atoms with van der Waals surface area (Å²) in [7, 11) is 0. The number of hydrogen-bond acceptors (Lipinski definition) is 0. The minimum absolute atomic E-state index is 0.357. The molecule has 3 saturated carbocycles. The molecule has 8 unspecified atom stereocenters. The molecular weight excluding hydrogens is 456 g/mol. The lowest BCUT2D eigenvalue weighted by Crippen LogP contribution is -2.57. The lowest BCUT2D eigenvalue weighted by Gasteiger charge is -2.65. The van der Waals surface area contributed by atoms with Crippen LogP contribution in [0.25, 0.3) is 0 Å². The quantitative estimate of drug-likeness (QED) is 0.326. The molecule has 0 spiro atoms. The van der Waals surface area contributed by atoms with Gasteiger partial charge in [0.15, 0.2) is 0 Å². The molecule has 0 aromatic heterocycles. The van der Waals surface area contributed by atoms with Gasteiger partial charge in [0.1, 0.15) is 0 Å². The van der Waals surface area contributed by atoms with E-state index in [2.05, 4.69) is 93.2 Å². The van der Waals surface area contributed by atoms with Gasteiger partial charge < -0.3 is 0 Å². The van der Waals surface area contributed by atoms with Crippen molar-refractivity contribution in [2.45, 2.75) is 133 Å². The topological polar surface area (TPSA) is 0 Å². The summed E-state index contributed by atoms with van der Waals surface area (Å²) in [5.74, 6) is 6.09. The second-order valence-corrected chi connectivity index (χ2v) is 15.6. The monoisotopic (exact) mass is 518 g/mol. The van der Waals surface area contributed by atoms with Crippen molar-refractivity contribution in [3.63, 3.8) is 0 Å². The van der Waals surface area contributed by atoms with Crippen molar-refractivity contribution in [2.24, 2.45) is 57.7 Å². The number of rotatable bonds is 3. The molecule has 0 aromatic carbocycles. The van der Waals surface area contributed by atoms with Gasteiger partial charge in [0.05, 0.1) is 0 Å². The molecule has 5 rings (SSSR count). The molecule has 214 valence electrons. The van der Waals surface area contributed by atoms with Gasteiger partial charge in [0.2, 0.25) is 0 Å². The third-order valence-electron chi connectivity index (χ3n) is 13.6. The molecule has 0 heteroatoms. The summed E-state index contributed by atoms with van der Waals surface area (Å²) in [5.41, 5.74) is 5.85. The fourth-order valence-electron chi connectivity index (χ4n) is 10.0. The Bertz CT molecular complexity index is 945. The molecule has 5 aliphatic carbocycles. The van der Waals surface area contributed by atoms with Crippen LogP contribution in [0.5, 0.6) is 0 Å². The van der Waals surface area contributed by atoms with E-state index in [0.717, 1.165) is 41.9 Å². The van der Waals surface area contributed by atoms with Crippen molar-refractivity contribution in [2.75, 3.05) is 0 Å². The molecule has 3 fully saturated rings. The Labute approximate surface area is 237 Å². The summed E-state index contributed by atoms with van der Waals surface area (Å²) in [6, 6.07) is 0. The molecule has 0 N–H and O–H groups in total. The summed E-state index contributed by atoms with van der Waals surface area (Å²) >= 11 is 0. The highest BCUT2D eigenvalue weighted by atomic mass is 14.6. The third kappa shape index (κ3) is 5.33. The average molecular weight is 519 g/mol. The standard InChI is InChI=1S/C29H44.C9H18/c1-8-28(6)26-13-12-24-19-21(3)14-16-27(24,5)25(26)15-17-29(28,7)22(4)23-11-9-10-20(2)18-23;1-7-4-5-8(2)9(3)6-7/h9,11,18-19,21-22,25-26H,2,8,10,12-17H2,1,3-7H3;7-9H,4-6H2,1-3H3/t;7-,8+,9?/m.0/s1. The highest BCUT2D eigenvalue weighted by Crippen LogP contribution is 2.69. The van der Waals surface area contributed by atoms with Gasteiger partial charge in [-0.3, -0.25) is 0 Å². The van der Waals surface area contributed by atoms with Crippen LogP contribution in [0.15, 0.2) is 47.6 Å². The van der Waals surface area contributed by atoms with Gasteiger partial charge >= 0.3 is 0 Å². The molecule has 5 aliphatic rings. The molecule has 0 aliphatic heterocycles. The normalized spacial score (nSPS) is 45.6. The molecule has 0 radical (unpaired) electrons. The number of hydrogen-bond donors (Lipinski definition) is 0. The van der Waals surface area contributed by atoms with Gasteiger partial charge in [-0.2, -0.15) is 0 Å². The first-order chi connectivity index (χ1) is 17.9. The van der Waals surface area contributed by atoms with Gasteiger partial charge in [-0.15, -0.1) is 0 Å². The van der Waals surface area contributed by atoms with E-state index in [9.17, 15) is 0 Å². The van der Waals surface area contributed by atoms with Crippen molar-refractivity contribution in [1.82, 2.24) is 0 Å². The van der Waals surface area contributed by atoms with E-state index in [1.807, 2.05) is 5.57 Å². The zero-order valence-corrected chi connectivity index (χ0v) is 26.8. The van der Waals surface area contributed by atoms with E-state index in [1.54, 1.807) is 0 Å². The van der Waals surface area contributed by atoms with Crippen LogP contribution < -0.4 is 0 Å². The molecule has 0 bridgehead atoms. The number of allylic oxidation sites excluding steroid dienone is 7. The van der Waals surface area contributed by atoms with E-state index >= 15 is 0 Å². The molecule has 0 nitrogen and oxygen atoms in total. The second kappa shape index (κ2) is 11.4. The third-order valence-corrected chi connectivity index (χ3v) is 13.6. The Kier molecular flexibility index (Phi) is 9.02. The van der Waals surface area contributed by atoms with Gasteiger partial charge in [0, 0.05) is 0 Å². The number of fused-ring (bicyclic) bond motifs is 3. The van der Waals surface area contributed by atoms with Crippen LogP contribution in [0.1, 0.15) is 133 Å². The van der Waals surface area contributed by atoms with Gasteiger partial charge in [-0.25, -0.2) is 0 Å². The van der Waals surface area contributed by atoms with Crippen molar-refractivity contribution in [3.8, 4) is 0 Å². The van der Waals surface area contributed by atoms with Crippen LogP contribution in [-0.4, -0.2) is 0 Å². The van der Waals surface area contributed by atoms with Crippen molar-refractivity contribution in [1.29, 1.82) is 0 Å². The Hall–Kier alpha value is -1.04. The minimum atomic E-state index is 0.357. The lowest BCUT2D eigenvalue weighted by atomic mass is 9.39. The van der Waals surface area contributed by atoms with Crippen LogP contribution in [0.2, 0.25) is 0 Å². The van der Waals surface area contributed by atoms with E-state index in [0.29, 0.717) is 22.2 Å². The van der Waals surface area contributed by atoms with Crippen molar-refractivity contribution >= 4 is 0 Å². The summed E-state index contributed by atoms with van der Waals surface area (Å²) < 4.78 is 0. The van der Waals surface area contributed by atoms with E-state index in [1.165, 1.54) is 75.4 Å². The SMILES string of the molecule is C=C1C=C(C(C)C2(C)CCC3C(CCC4=CC(C)CCC43C)C2(C)CC)C=CC1.CC1C[C@@H](C)CC[C@H]1C. The van der Waals surface area contributed by atoms with E-state index < -0.39 is 0 Å². The van der Waals surface area contributed by atoms with Crippen LogP contribution in [0, 0.1) is 57.7 Å². The van der Waals surface area contributed by atoms with Crippen LogP contribution in [-0.2, 0) is 0 Å². The summed E-state index contributed by atoms with van der Waals surface area (Å²) in [5, 5.41) is 0. The maximum atomic E-state index is 4.26. The lowest BCUT2D eigenvalue weighted by molar-refractivity contribution is -0.135. The molecular formula is C38H62. The zero-order chi connectivity index (χ0) is 27.9. The molecule has 0 heterocycles. The maximum Gasteiger partial charge on any atom is -0.00850 e. The highest BCUT2D eigenvalue weighted by Gasteiger charge is 2.61. The largest absolute Gasteiger partial charge is 0.0955 e. The fraction of sp³-hybridized carbons (Fsp3) is 0.789. The minimum Gasteiger partial charge on any atom is -0.0955 e. The molecule has 10 atom stereocenters. The summed E-state index contributed by atoms with van der Waals surface area (Å²) in [6.07, 6.45) is 24.9. The van der Waals surface area contributed by atoms with Gasteiger partial charge in [-0.1, -0.05) is 117 Å². The van der Waals surface area contributed by atoms with Crippen LogP contribution >= 0.6 is 0 Å². The molecule has 0 aromatic rings. The highest BCUT2D eigenvalue weighted by molar-refractivity contribution is 5.38. The van der Waals surface area contributed by atoms with Gasteiger partial charge in [-0.05, 0) is 121 Å². The first-order valence-electron chi connectivity index (χ1n) is 16.6. The molecule has 0 saturated heterocycles. The first kappa shape index (κ1) is 29.9. The smallest absolute Gasteiger partial charge is 0.00850 e. The maximum absolute atomic E-state index is 4.26. The summed E-state index contributed by atoms with van der Waals surface area (Å²) in [4.78, 5) is 0. The van der Waals surface area contributed by atoms with Crippen LogP contribution in [0.4, 0.5) is 0 Å². The average Bonchev–Trinajstić information content (AvgIpc) is 2.89. The predicted molar refractivity (Wildman–Crippen MR) is 168 cm³/mol.